The van der Waals surface area contributed by atoms with E-state index in [1.807, 2.05) is 0 Å². The van der Waals surface area contributed by atoms with Gasteiger partial charge < -0.3 is 14.5 Å². The Kier molecular flexibility index (Phi) is 2.32. The minimum absolute atomic E-state index is 0.00609. The van der Waals surface area contributed by atoms with Crippen molar-refractivity contribution in [3.63, 3.8) is 0 Å². The van der Waals surface area contributed by atoms with E-state index >= 15 is 0 Å². The second-order valence-corrected chi connectivity index (χ2v) is 5.33. The third-order valence-electron chi connectivity index (χ3n) is 1.79. The van der Waals surface area contributed by atoms with Crippen LogP contribution in [0.5, 0.6) is 0 Å². The molecule has 1 aromatic heterocycles. The van der Waals surface area contributed by atoms with Gasteiger partial charge in [-0.05, 0) is 12.1 Å². The van der Waals surface area contributed by atoms with Crippen molar-refractivity contribution in [2.45, 2.75) is 4.90 Å². The lowest BCUT2D eigenvalue weighted by Crippen LogP contribution is -1.92. The molecule has 7 nitrogen and oxygen atoms in total. The van der Waals surface area contributed by atoms with Gasteiger partial charge in [-0.3, -0.25) is 0 Å². The van der Waals surface area contributed by atoms with E-state index < -0.39 is 20.0 Å². The Hall–Kier alpha value is -1.67. The molecule has 0 saturated heterocycles. The number of oxazole rings is 1. The molecule has 16 heavy (non-hydrogen) atoms. The fourth-order valence-electron chi connectivity index (χ4n) is 1.19. The van der Waals surface area contributed by atoms with Crippen LogP contribution in [0.4, 0.5) is 6.01 Å². The van der Waals surface area contributed by atoms with Gasteiger partial charge in [-0.2, -0.15) is 0 Å². The summed E-state index contributed by atoms with van der Waals surface area (Å²) in [5, 5.41) is 10.4. The average Bonchev–Trinajstić information content (AvgIpc) is 2.58. The first-order chi connectivity index (χ1) is 7.39. The van der Waals surface area contributed by atoms with Crippen molar-refractivity contribution >= 4 is 36.8 Å². The Labute approximate surface area is 93.2 Å². The molecule has 1 heterocycles. The van der Waals surface area contributed by atoms with Crippen LogP contribution in [-0.2, 0) is 9.05 Å². The lowest BCUT2D eigenvalue weighted by molar-refractivity contribution is -0.406. The second-order valence-electron chi connectivity index (χ2n) is 2.79. The number of halogens is 1. The lowest BCUT2D eigenvalue weighted by Gasteiger charge is -1.91. The van der Waals surface area contributed by atoms with Gasteiger partial charge in [-0.15, -0.1) is 0 Å². The van der Waals surface area contributed by atoms with E-state index in [1.54, 1.807) is 0 Å². The molecule has 1 aromatic carbocycles. The van der Waals surface area contributed by atoms with Crippen molar-refractivity contribution in [1.29, 1.82) is 0 Å². The molecular formula is C7H3ClN2O5S. The molecule has 9 heteroatoms. The van der Waals surface area contributed by atoms with E-state index in [-0.39, 0.29) is 16.0 Å². The molecule has 0 radical (unpaired) electrons. The molecule has 0 bridgehead atoms. The highest BCUT2D eigenvalue weighted by atomic mass is 35.7. The van der Waals surface area contributed by atoms with Crippen LogP contribution in [-0.4, -0.2) is 18.3 Å². The van der Waals surface area contributed by atoms with Gasteiger partial charge in [0, 0.05) is 20.6 Å². The molecule has 0 unspecified atom stereocenters. The molecule has 0 aliphatic rings. The highest BCUT2D eigenvalue weighted by molar-refractivity contribution is 8.14. The highest BCUT2D eigenvalue weighted by Gasteiger charge is 2.25. The molecule has 0 saturated carbocycles. The Morgan fingerprint density at radius 3 is 2.69 bits per heavy atom. The maximum atomic E-state index is 11.1. The summed E-state index contributed by atoms with van der Waals surface area (Å²) >= 11 is 0. The van der Waals surface area contributed by atoms with E-state index in [0.29, 0.717) is 0 Å². The van der Waals surface area contributed by atoms with Crippen LogP contribution in [0.1, 0.15) is 0 Å². The summed E-state index contributed by atoms with van der Waals surface area (Å²) in [5.74, 6) is 0. The molecule has 0 fully saturated rings. The van der Waals surface area contributed by atoms with E-state index in [9.17, 15) is 18.5 Å². The molecule has 0 spiro atoms. The zero-order valence-electron chi connectivity index (χ0n) is 7.45. The topological polar surface area (TPSA) is 103 Å². The number of rotatable bonds is 2. The highest BCUT2D eigenvalue weighted by Crippen LogP contribution is 2.28. The van der Waals surface area contributed by atoms with Crippen LogP contribution < -0.4 is 0 Å². The summed E-state index contributed by atoms with van der Waals surface area (Å²) in [7, 11) is 1.13. The Morgan fingerprint density at radius 2 is 2.12 bits per heavy atom. The molecule has 2 aromatic rings. The molecule has 0 aliphatic carbocycles. The zero-order valence-corrected chi connectivity index (χ0v) is 9.03. The largest absolute Gasteiger partial charge is 0.546 e. The fraction of sp³-hybridized carbons (Fsp3) is 0. The predicted molar refractivity (Wildman–Crippen MR) is 53.7 cm³/mol. The molecule has 0 atom stereocenters. The summed E-state index contributed by atoms with van der Waals surface area (Å²) in [6, 6.07) is 3.13. The van der Waals surface area contributed by atoms with Gasteiger partial charge in [0.25, 0.3) is 9.05 Å². The fourth-order valence-corrected chi connectivity index (χ4v) is 2.18. The first-order valence-corrected chi connectivity index (χ1v) is 6.19. The Bertz CT molecular complexity index is 677. The van der Waals surface area contributed by atoms with E-state index in [0.717, 1.165) is 0 Å². The average molecular weight is 263 g/mol. The van der Waals surface area contributed by atoms with Gasteiger partial charge in [-0.25, -0.2) is 8.42 Å². The first-order valence-electron chi connectivity index (χ1n) is 3.88. The Balaban J connectivity index is 2.83. The van der Waals surface area contributed by atoms with Gasteiger partial charge in [0.05, 0.1) is 0 Å². The number of nitrogens with zero attached hydrogens (tertiary/aromatic N) is 2. The molecule has 84 valence electrons. The smallest absolute Gasteiger partial charge is 0.381 e. The number of nitro groups is 1. The van der Waals surface area contributed by atoms with E-state index in [1.165, 1.54) is 18.2 Å². The lowest BCUT2D eigenvalue weighted by atomic mass is 10.3. The molecule has 0 N–H and O–H groups in total. The van der Waals surface area contributed by atoms with Crippen LogP contribution >= 0.6 is 10.7 Å². The third-order valence-corrected chi connectivity index (χ3v) is 3.14. The summed E-state index contributed by atoms with van der Waals surface area (Å²) in [5.41, 5.74) is -0.155. The number of aromatic nitrogens is 1. The van der Waals surface area contributed by atoms with Crippen molar-refractivity contribution in [1.82, 2.24) is 4.98 Å². The normalized spacial score (nSPS) is 11.8. The Morgan fingerprint density at radius 1 is 1.44 bits per heavy atom. The van der Waals surface area contributed by atoms with Crippen LogP contribution in [0.25, 0.3) is 11.1 Å². The summed E-state index contributed by atoms with van der Waals surface area (Å²) in [6.45, 7) is 0. The second kappa shape index (κ2) is 3.42. The van der Waals surface area contributed by atoms with Crippen LogP contribution in [0.3, 0.4) is 0 Å². The monoisotopic (exact) mass is 262 g/mol. The minimum atomic E-state index is -4.01. The molecule has 0 amide bonds. The minimum Gasteiger partial charge on any atom is -0.381 e. The van der Waals surface area contributed by atoms with Crippen molar-refractivity contribution < 1.29 is 17.8 Å². The molecular weight excluding hydrogens is 260 g/mol. The SMILES string of the molecule is O=[N+]([O-])c1nc2c(S(=O)(=O)Cl)cccc2o1. The van der Waals surface area contributed by atoms with Crippen molar-refractivity contribution in [2.75, 3.05) is 0 Å². The number of para-hydroxylation sites is 1. The number of fused-ring (bicyclic) bond motifs is 1. The van der Waals surface area contributed by atoms with E-state index in [4.69, 9.17) is 15.1 Å². The zero-order chi connectivity index (χ0) is 11.9. The summed E-state index contributed by atoms with van der Waals surface area (Å²) in [6.07, 6.45) is 0. The maximum absolute atomic E-state index is 11.1. The van der Waals surface area contributed by atoms with Gasteiger partial charge in [0.1, 0.15) is 4.90 Å². The predicted octanol–water partition coefficient (Wildman–Crippen LogP) is 1.66. The number of hydrogen-bond donors (Lipinski definition) is 0. The van der Waals surface area contributed by atoms with Gasteiger partial charge in [0.2, 0.25) is 5.52 Å². The molecule has 0 aliphatic heterocycles. The molecule has 2 rings (SSSR count). The van der Waals surface area contributed by atoms with Crippen molar-refractivity contribution in [3.05, 3.63) is 28.3 Å². The number of benzene rings is 1. The summed E-state index contributed by atoms with van der Waals surface area (Å²) in [4.78, 5) is 12.7. The van der Waals surface area contributed by atoms with E-state index in [2.05, 4.69) is 4.98 Å². The summed E-state index contributed by atoms with van der Waals surface area (Å²) < 4.78 is 27.0. The number of hydrogen-bond acceptors (Lipinski definition) is 6. The van der Waals surface area contributed by atoms with Crippen molar-refractivity contribution in [3.8, 4) is 0 Å². The van der Waals surface area contributed by atoms with Gasteiger partial charge in [-0.1, -0.05) is 6.07 Å². The first kappa shape index (κ1) is 10.8. The van der Waals surface area contributed by atoms with Crippen LogP contribution in [0.15, 0.2) is 27.5 Å². The third kappa shape index (κ3) is 1.72. The standard InChI is InChI=1S/C7H3ClN2O5S/c8-16(13,14)5-3-1-2-4-6(5)9-7(15-4)10(11)12/h1-3H. The van der Waals surface area contributed by atoms with Gasteiger partial charge in [0.15, 0.2) is 5.58 Å². The van der Waals surface area contributed by atoms with Crippen LogP contribution in [0, 0.1) is 10.1 Å². The maximum Gasteiger partial charge on any atom is 0.546 e. The van der Waals surface area contributed by atoms with Gasteiger partial charge >= 0.3 is 6.01 Å². The van der Waals surface area contributed by atoms with Crippen molar-refractivity contribution in [2.24, 2.45) is 0 Å². The quantitative estimate of drug-likeness (QED) is 0.463. The van der Waals surface area contributed by atoms with Crippen LogP contribution in [0.2, 0.25) is 0 Å².